The number of nitrogens with zero attached hydrogens (tertiary/aromatic N) is 3. The predicted octanol–water partition coefficient (Wildman–Crippen LogP) is 2.22. The predicted molar refractivity (Wildman–Crippen MR) is 163 cm³/mol. The molecular formula is C32H52N4O7. The van der Waals surface area contributed by atoms with E-state index >= 15 is 0 Å². The molecule has 43 heavy (non-hydrogen) atoms. The van der Waals surface area contributed by atoms with Crippen molar-refractivity contribution in [2.75, 3.05) is 93.6 Å². The number of benzene rings is 1. The second-order valence-electron chi connectivity index (χ2n) is 12.5. The number of hydrogen-bond acceptors (Lipinski definition) is 8. The number of carbonyl (C=O) groups excluding carboxylic acids is 2. The highest BCUT2D eigenvalue weighted by Gasteiger charge is 2.56. The number of amides is 3. The third-order valence-electron chi connectivity index (χ3n) is 9.55. The Morgan fingerprint density at radius 2 is 1.51 bits per heavy atom. The molecule has 1 heterocycles. The number of methoxy groups -OCH3 is 1. The Bertz CT molecular complexity index is 1010. The van der Waals surface area contributed by atoms with Crippen LogP contribution in [0.3, 0.4) is 0 Å². The summed E-state index contributed by atoms with van der Waals surface area (Å²) in [6, 6.07) is 10.5. The first-order valence-corrected chi connectivity index (χ1v) is 15.7. The van der Waals surface area contributed by atoms with E-state index in [4.69, 9.17) is 18.9 Å². The van der Waals surface area contributed by atoms with Crippen molar-refractivity contribution in [3.63, 3.8) is 0 Å². The van der Waals surface area contributed by atoms with Crippen LogP contribution >= 0.6 is 0 Å². The lowest BCUT2D eigenvalue weighted by molar-refractivity contribution is -0.121. The van der Waals surface area contributed by atoms with E-state index < -0.39 is 11.1 Å². The average molecular weight is 605 g/mol. The Hall–Kier alpha value is -2.28. The number of aliphatic hydroxyl groups is 1. The topological polar surface area (TPSA) is 113 Å². The van der Waals surface area contributed by atoms with Crippen molar-refractivity contribution in [3.8, 4) is 0 Å². The monoisotopic (exact) mass is 604 g/mol. The standard InChI is InChI=1S/C32H52N4O7/c1-34(2)32(27-8-5-4-6-9-27)14-12-30(13-15-32)25-35(29(38)36(30)26-31(39)10-7-11-31)24-28(37)33-16-17-41-20-21-43-23-22-42-19-18-40-3/h4-6,8-9,39H,7,10-26H2,1-3H3,(H,33,37)/t30-,32-. The van der Waals surface area contributed by atoms with Crippen molar-refractivity contribution in [2.24, 2.45) is 0 Å². The molecule has 3 fully saturated rings. The lowest BCUT2D eigenvalue weighted by atomic mass is 9.67. The number of nitrogens with one attached hydrogen (secondary N) is 1. The second-order valence-corrected chi connectivity index (χ2v) is 12.5. The number of carbonyl (C=O) groups is 2. The van der Waals surface area contributed by atoms with Crippen LogP contribution in [-0.2, 0) is 29.3 Å². The van der Waals surface area contributed by atoms with Crippen LogP contribution < -0.4 is 5.32 Å². The molecule has 1 aromatic rings. The van der Waals surface area contributed by atoms with E-state index in [-0.39, 0.29) is 24.0 Å². The number of hydrogen-bond donors (Lipinski definition) is 2. The van der Waals surface area contributed by atoms with E-state index in [1.807, 2.05) is 11.0 Å². The van der Waals surface area contributed by atoms with E-state index in [1.54, 1.807) is 12.0 Å². The summed E-state index contributed by atoms with van der Waals surface area (Å²) in [6.07, 6.45) is 5.83. The van der Waals surface area contributed by atoms with Crippen LogP contribution in [0.25, 0.3) is 0 Å². The van der Waals surface area contributed by atoms with Gasteiger partial charge in [-0.05, 0) is 64.6 Å². The molecule has 1 saturated heterocycles. The van der Waals surface area contributed by atoms with Gasteiger partial charge in [-0.15, -0.1) is 0 Å². The minimum Gasteiger partial charge on any atom is -0.388 e. The Morgan fingerprint density at radius 3 is 2.07 bits per heavy atom. The molecule has 2 N–H and O–H groups in total. The van der Waals surface area contributed by atoms with Gasteiger partial charge in [0.25, 0.3) is 0 Å². The van der Waals surface area contributed by atoms with Crippen LogP contribution in [-0.4, -0.2) is 137 Å². The van der Waals surface area contributed by atoms with Crippen LogP contribution in [0, 0.1) is 0 Å². The van der Waals surface area contributed by atoms with Gasteiger partial charge in [0.2, 0.25) is 5.91 Å². The largest absolute Gasteiger partial charge is 0.388 e. The van der Waals surface area contributed by atoms with Gasteiger partial charge in [0.1, 0.15) is 6.54 Å². The Kier molecular flexibility index (Phi) is 12.2. The maximum absolute atomic E-state index is 13.8. The van der Waals surface area contributed by atoms with Crippen molar-refractivity contribution in [2.45, 2.75) is 61.6 Å². The molecule has 11 heteroatoms. The van der Waals surface area contributed by atoms with Gasteiger partial charge in [0.15, 0.2) is 0 Å². The molecule has 0 unspecified atom stereocenters. The number of ether oxygens (including phenoxy) is 4. The van der Waals surface area contributed by atoms with E-state index in [0.29, 0.717) is 78.7 Å². The summed E-state index contributed by atoms with van der Waals surface area (Å²) in [5, 5.41) is 14.0. The van der Waals surface area contributed by atoms with Crippen LogP contribution in [0.5, 0.6) is 0 Å². The number of β-amino-alcohol motifs (C(OH)–C–C–N with tert-alkyl or cyclic N) is 1. The molecule has 1 aliphatic heterocycles. The second kappa shape index (κ2) is 15.6. The summed E-state index contributed by atoms with van der Waals surface area (Å²) in [5.74, 6) is -0.205. The van der Waals surface area contributed by atoms with Crippen LogP contribution in [0.15, 0.2) is 30.3 Å². The van der Waals surface area contributed by atoms with Gasteiger partial charge in [-0.2, -0.15) is 0 Å². The molecule has 0 bridgehead atoms. The fourth-order valence-corrected chi connectivity index (χ4v) is 6.75. The molecule has 11 nitrogen and oxygen atoms in total. The molecule has 3 amide bonds. The van der Waals surface area contributed by atoms with Crippen molar-refractivity contribution >= 4 is 11.9 Å². The van der Waals surface area contributed by atoms with Crippen molar-refractivity contribution in [3.05, 3.63) is 35.9 Å². The maximum atomic E-state index is 13.8. The Labute approximate surface area is 256 Å². The summed E-state index contributed by atoms with van der Waals surface area (Å²) in [7, 11) is 5.90. The molecule has 1 spiro atoms. The van der Waals surface area contributed by atoms with Gasteiger partial charge >= 0.3 is 6.03 Å². The van der Waals surface area contributed by atoms with Crippen molar-refractivity contribution in [1.29, 1.82) is 0 Å². The van der Waals surface area contributed by atoms with Crippen molar-refractivity contribution in [1.82, 2.24) is 20.0 Å². The SMILES string of the molecule is COCCOCCOCCOCCNC(=O)CN1C[C@]2(CC[C@@](c3ccccc3)(N(C)C)CC2)N(CC2(O)CCC2)C1=O. The molecule has 1 aromatic carbocycles. The normalized spacial score (nSPS) is 25.0. The molecule has 0 atom stereocenters. The Balaban J connectivity index is 1.26. The van der Waals surface area contributed by atoms with Crippen LogP contribution in [0.2, 0.25) is 0 Å². The summed E-state index contributed by atoms with van der Waals surface area (Å²) in [6.45, 7) is 4.54. The van der Waals surface area contributed by atoms with Gasteiger partial charge in [0.05, 0.1) is 63.9 Å². The maximum Gasteiger partial charge on any atom is 0.321 e. The quantitative estimate of drug-likeness (QED) is 0.246. The van der Waals surface area contributed by atoms with Gasteiger partial charge in [-0.3, -0.25) is 9.69 Å². The molecule has 2 saturated carbocycles. The molecule has 242 valence electrons. The number of rotatable bonds is 18. The molecule has 0 radical (unpaired) electrons. The Morgan fingerprint density at radius 1 is 0.907 bits per heavy atom. The minimum atomic E-state index is -0.825. The third-order valence-corrected chi connectivity index (χ3v) is 9.55. The van der Waals surface area contributed by atoms with Crippen molar-refractivity contribution < 1.29 is 33.6 Å². The van der Waals surface area contributed by atoms with Gasteiger partial charge in [0, 0.05) is 25.7 Å². The first kappa shape index (κ1) is 33.6. The summed E-state index contributed by atoms with van der Waals surface area (Å²) in [4.78, 5) is 32.5. The minimum absolute atomic E-state index is 0.000791. The molecular weight excluding hydrogens is 552 g/mol. The summed E-state index contributed by atoms with van der Waals surface area (Å²) in [5.41, 5.74) is -0.0357. The first-order valence-electron chi connectivity index (χ1n) is 15.7. The lowest BCUT2D eigenvalue weighted by Crippen LogP contribution is -2.59. The summed E-state index contributed by atoms with van der Waals surface area (Å²) >= 11 is 0. The fourth-order valence-electron chi connectivity index (χ4n) is 6.75. The van der Waals surface area contributed by atoms with E-state index in [9.17, 15) is 14.7 Å². The molecule has 3 aliphatic rings. The van der Waals surface area contributed by atoms with Gasteiger partial charge < -0.3 is 39.2 Å². The zero-order valence-electron chi connectivity index (χ0n) is 26.4. The highest BCUT2D eigenvalue weighted by Crippen LogP contribution is 2.50. The van der Waals surface area contributed by atoms with E-state index in [2.05, 4.69) is 48.6 Å². The molecule has 4 rings (SSSR count). The number of urea groups is 1. The van der Waals surface area contributed by atoms with E-state index in [1.165, 1.54) is 5.56 Å². The van der Waals surface area contributed by atoms with Crippen LogP contribution in [0.1, 0.15) is 50.5 Å². The zero-order valence-corrected chi connectivity index (χ0v) is 26.4. The average Bonchev–Trinajstić information content (AvgIpc) is 3.22. The van der Waals surface area contributed by atoms with Gasteiger partial charge in [-0.25, -0.2) is 4.79 Å². The summed E-state index contributed by atoms with van der Waals surface area (Å²) < 4.78 is 21.3. The smallest absolute Gasteiger partial charge is 0.321 e. The van der Waals surface area contributed by atoms with E-state index in [0.717, 1.165) is 32.1 Å². The molecule has 2 aliphatic carbocycles. The van der Waals surface area contributed by atoms with Gasteiger partial charge in [-0.1, -0.05) is 30.3 Å². The lowest BCUT2D eigenvalue weighted by Gasteiger charge is -2.52. The zero-order chi connectivity index (χ0) is 30.8. The highest BCUT2D eigenvalue weighted by atomic mass is 16.6. The highest BCUT2D eigenvalue weighted by molar-refractivity contribution is 5.86. The first-order chi connectivity index (χ1) is 20.7. The van der Waals surface area contributed by atoms with Crippen LogP contribution in [0.4, 0.5) is 4.79 Å². The molecule has 0 aromatic heterocycles. The fraction of sp³-hybridized carbons (Fsp3) is 0.750. The third kappa shape index (κ3) is 8.46.